The van der Waals surface area contributed by atoms with Gasteiger partial charge in [-0.3, -0.25) is 0 Å². The van der Waals surface area contributed by atoms with E-state index in [-0.39, 0.29) is 6.61 Å². The third kappa shape index (κ3) is 2.32. The van der Waals surface area contributed by atoms with Crippen molar-refractivity contribution in [3.63, 3.8) is 0 Å². The molecule has 1 aromatic heterocycles. The fourth-order valence-corrected chi connectivity index (χ4v) is 2.88. The van der Waals surface area contributed by atoms with Crippen LogP contribution in [0.2, 0.25) is 0 Å². The Labute approximate surface area is 113 Å². The zero-order valence-corrected chi connectivity index (χ0v) is 11.5. The number of hydrogen-bond donors (Lipinski definition) is 1. The summed E-state index contributed by atoms with van der Waals surface area (Å²) < 4.78 is 2.15. The van der Waals surface area contributed by atoms with Crippen molar-refractivity contribution in [3.05, 3.63) is 23.8 Å². The molecule has 1 fully saturated rings. The van der Waals surface area contributed by atoms with Crippen LogP contribution in [0.3, 0.4) is 0 Å². The lowest BCUT2D eigenvalue weighted by atomic mass is 10.1. The van der Waals surface area contributed by atoms with Crippen molar-refractivity contribution in [2.75, 3.05) is 24.6 Å². The Kier molecular flexibility index (Phi) is 3.42. The lowest BCUT2D eigenvalue weighted by Gasteiger charge is -2.28. The standard InChI is InChI=1S/C15H21N3O/c1-12-5-6-14-13(11-12)16-15(18(14)9-10-19)17-7-3-2-4-8-17/h5-6,11,19H,2-4,7-10H2,1H3. The number of benzene rings is 1. The molecule has 1 N–H and O–H groups in total. The maximum Gasteiger partial charge on any atom is 0.206 e. The Bertz CT molecular complexity index is 570. The van der Waals surface area contributed by atoms with Crippen LogP contribution < -0.4 is 4.90 Å². The van der Waals surface area contributed by atoms with E-state index in [9.17, 15) is 5.11 Å². The molecule has 1 aromatic carbocycles. The van der Waals surface area contributed by atoms with Gasteiger partial charge in [0.2, 0.25) is 5.95 Å². The van der Waals surface area contributed by atoms with Crippen LogP contribution in [0.4, 0.5) is 5.95 Å². The quantitative estimate of drug-likeness (QED) is 0.919. The third-order valence-corrected chi connectivity index (χ3v) is 3.85. The van der Waals surface area contributed by atoms with E-state index in [4.69, 9.17) is 4.98 Å². The SMILES string of the molecule is Cc1ccc2c(c1)nc(N1CCCCC1)n2CCO. The first-order valence-electron chi connectivity index (χ1n) is 7.12. The Morgan fingerprint density at radius 1 is 1.21 bits per heavy atom. The van der Waals surface area contributed by atoms with Gasteiger partial charge in [-0.25, -0.2) is 4.98 Å². The van der Waals surface area contributed by atoms with Crippen LogP contribution in [0.1, 0.15) is 24.8 Å². The maximum atomic E-state index is 9.31. The van der Waals surface area contributed by atoms with Crippen molar-refractivity contribution < 1.29 is 5.11 Å². The van der Waals surface area contributed by atoms with Crippen LogP contribution >= 0.6 is 0 Å². The highest BCUT2D eigenvalue weighted by molar-refractivity contribution is 5.79. The largest absolute Gasteiger partial charge is 0.395 e. The van der Waals surface area contributed by atoms with Crippen molar-refractivity contribution in [1.82, 2.24) is 9.55 Å². The summed E-state index contributed by atoms with van der Waals surface area (Å²) in [6.45, 7) is 5.01. The first-order chi connectivity index (χ1) is 9.29. The monoisotopic (exact) mass is 259 g/mol. The molecule has 0 atom stereocenters. The van der Waals surface area contributed by atoms with E-state index < -0.39 is 0 Å². The van der Waals surface area contributed by atoms with Gasteiger partial charge in [0.1, 0.15) is 0 Å². The molecule has 1 saturated heterocycles. The number of aromatic nitrogens is 2. The van der Waals surface area contributed by atoms with Crippen molar-refractivity contribution in [2.24, 2.45) is 0 Å². The van der Waals surface area contributed by atoms with Crippen LogP contribution in [-0.2, 0) is 6.54 Å². The predicted octanol–water partition coefficient (Wildman–Crippen LogP) is 2.33. The van der Waals surface area contributed by atoms with Gasteiger partial charge in [-0.2, -0.15) is 0 Å². The Morgan fingerprint density at radius 2 is 2.00 bits per heavy atom. The molecule has 2 heterocycles. The van der Waals surface area contributed by atoms with E-state index in [0.29, 0.717) is 6.54 Å². The minimum absolute atomic E-state index is 0.153. The summed E-state index contributed by atoms with van der Waals surface area (Å²) in [5.41, 5.74) is 3.39. The number of aliphatic hydroxyl groups is 1. The average Bonchev–Trinajstić information content (AvgIpc) is 2.78. The molecular weight excluding hydrogens is 238 g/mol. The Morgan fingerprint density at radius 3 is 2.74 bits per heavy atom. The van der Waals surface area contributed by atoms with Gasteiger partial charge < -0.3 is 14.6 Å². The summed E-state index contributed by atoms with van der Waals surface area (Å²) in [7, 11) is 0. The molecule has 3 rings (SSSR count). The highest BCUT2D eigenvalue weighted by Gasteiger charge is 2.18. The fourth-order valence-electron chi connectivity index (χ4n) is 2.88. The minimum atomic E-state index is 0.153. The smallest absolute Gasteiger partial charge is 0.206 e. The van der Waals surface area contributed by atoms with E-state index in [0.717, 1.165) is 30.1 Å². The van der Waals surface area contributed by atoms with Gasteiger partial charge in [0.25, 0.3) is 0 Å². The van der Waals surface area contributed by atoms with E-state index in [1.165, 1.54) is 24.8 Å². The summed E-state index contributed by atoms with van der Waals surface area (Å²) in [6, 6.07) is 6.34. The molecule has 0 aliphatic carbocycles. The van der Waals surface area contributed by atoms with Crippen molar-refractivity contribution in [3.8, 4) is 0 Å². The normalized spacial score (nSPS) is 16.2. The lowest BCUT2D eigenvalue weighted by molar-refractivity contribution is 0.278. The molecular formula is C15H21N3O. The minimum Gasteiger partial charge on any atom is -0.395 e. The van der Waals surface area contributed by atoms with Gasteiger partial charge in [-0.15, -0.1) is 0 Å². The van der Waals surface area contributed by atoms with Gasteiger partial charge in [-0.05, 0) is 43.9 Å². The summed E-state index contributed by atoms with van der Waals surface area (Å²) in [5, 5.41) is 9.31. The van der Waals surface area contributed by atoms with E-state index in [1.807, 2.05) is 0 Å². The molecule has 0 amide bonds. The highest BCUT2D eigenvalue weighted by atomic mass is 16.3. The molecule has 0 bridgehead atoms. The Hall–Kier alpha value is -1.55. The van der Waals surface area contributed by atoms with E-state index in [2.05, 4.69) is 34.6 Å². The van der Waals surface area contributed by atoms with Crippen LogP contribution in [0.25, 0.3) is 11.0 Å². The molecule has 102 valence electrons. The van der Waals surface area contributed by atoms with Crippen LogP contribution in [-0.4, -0.2) is 34.4 Å². The molecule has 0 radical (unpaired) electrons. The number of anilines is 1. The molecule has 4 heteroatoms. The first kappa shape index (κ1) is 12.5. The van der Waals surface area contributed by atoms with Gasteiger partial charge in [0.15, 0.2) is 0 Å². The van der Waals surface area contributed by atoms with Gasteiger partial charge in [0, 0.05) is 19.6 Å². The molecule has 0 unspecified atom stereocenters. The van der Waals surface area contributed by atoms with Crippen molar-refractivity contribution in [1.29, 1.82) is 0 Å². The number of imidazole rings is 1. The lowest BCUT2D eigenvalue weighted by Crippen LogP contribution is -2.32. The van der Waals surface area contributed by atoms with Crippen molar-refractivity contribution >= 4 is 17.0 Å². The van der Waals surface area contributed by atoms with Crippen LogP contribution in [0, 0.1) is 6.92 Å². The molecule has 19 heavy (non-hydrogen) atoms. The topological polar surface area (TPSA) is 41.3 Å². The number of rotatable bonds is 3. The third-order valence-electron chi connectivity index (χ3n) is 3.85. The average molecular weight is 259 g/mol. The maximum absolute atomic E-state index is 9.31. The number of aryl methyl sites for hydroxylation is 1. The van der Waals surface area contributed by atoms with Crippen molar-refractivity contribution in [2.45, 2.75) is 32.7 Å². The molecule has 0 spiro atoms. The molecule has 0 saturated carbocycles. The van der Waals surface area contributed by atoms with Gasteiger partial charge in [-0.1, -0.05) is 6.07 Å². The summed E-state index contributed by atoms with van der Waals surface area (Å²) in [5.74, 6) is 1.02. The number of hydrogen-bond acceptors (Lipinski definition) is 3. The van der Waals surface area contributed by atoms with Gasteiger partial charge in [0.05, 0.1) is 17.6 Å². The van der Waals surface area contributed by atoms with Crippen LogP contribution in [0.15, 0.2) is 18.2 Å². The molecule has 1 aliphatic heterocycles. The number of piperidine rings is 1. The van der Waals surface area contributed by atoms with Gasteiger partial charge >= 0.3 is 0 Å². The second-order valence-corrected chi connectivity index (χ2v) is 5.33. The highest BCUT2D eigenvalue weighted by Crippen LogP contribution is 2.25. The predicted molar refractivity (Wildman–Crippen MR) is 77.6 cm³/mol. The van der Waals surface area contributed by atoms with E-state index in [1.54, 1.807) is 0 Å². The van der Waals surface area contributed by atoms with Crippen LogP contribution in [0.5, 0.6) is 0 Å². The molecule has 2 aromatic rings. The first-order valence-corrected chi connectivity index (χ1v) is 7.12. The number of fused-ring (bicyclic) bond motifs is 1. The number of nitrogens with zero attached hydrogens (tertiary/aromatic N) is 3. The second-order valence-electron chi connectivity index (χ2n) is 5.33. The van der Waals surface area contributed by atoms with E-state index >= 15 is 0 Å². The zero-order chi connectivity index (χ0) is 13.2. The summed E-state index contributed by atoms with van der Waals surface area (Å²) in [4.78, 5) is 7.15. The molecule has 4 nitrogen and oxygen atoms in total. The summed E-state index contributed by atoms with van der Waals surface area (Å²) in [6.07, 6.45) is 3.79. The fraction of sp³-hybridized carbons (Fsp3) is 0.533. The molecule has 1 aliphatic rings. The second kappa shape index (κ2) is 5.21. The Balaban J connectivity index is 2.08. The summed E-state index contributed by atoms with van der Waals surface area (Å²) >= 11 is 0. The zero-order valence-electron chi connectivity index (χ0n) is 11.5. The number of aliphatic hydroxyl groups excluding tert-OH is 1.